The highest BCUT2D eigenvalue weighted by molar-refractivity contribution is 6.74. The minimum absolute atomic E-state index is 0.108. The Morgan fingerprint density at radius 3 is 2.56 bits per heavy atom. The number of rotatable bonds is 9. The number of carbonyl (C=O) groups is 1. The molecule has 0 amide bonds. The zero-order valence-corrected chi connectivity index (χ0v) is 22.2. The molecule has 0 unspecified atom stereocenters. The van der Waals surface area contributed by atoms with Crippen LogP contribution in [0.4, 0.5) is 0 Å². The van der Waals surface area contributed by atoms with Gasteiger partial charge < -0.3 is 18.6 Å². The Balaban J connectivity index is 2.19. The summed E-state index contributed by atoms with van der Waals surface area (Å²) < 4.78 is 24.1. The molecular formula is C26H42O5Si. The Hall–Kier alpha value is -1.63. The summed E-state index contributed by atoms with van der Waals surface area (Å²) in [6.45, 7) is 18.1. The number of ether oxygens (including phenoxy) is 3. The molecule has 1 fully saturated rings. The van der Waals surface area contributed by atoms with Crippen LogP contribution in [0.3, 0.4) is 0 Å². The van der Waals surface area contributed by atoms with Crippen LogP contribution >= 0.6 is 0 Å². The molecule has 2 rings (SSSR count). The van der Waals surface area contributed by atoms with Crippen molar-refractivity contribution in [2.75, 3.05) is 13.2 Å². The first-order chi connectivity index (χ1) is 14.9. The zero-order valence-electron chi connectivity index (χ0n) is 21.2. The van der Waals surface area contributed by atoms with Gasteiger partial charge in [0.05, 0.1) is 19.3 Å². The summed E-state index contributed by atoms with van der Waals surface area (Å²) in [6.07, 6.45) is 5.92. The van der Waals surface area contributed by atoms with Crippen LogP contribution in [0.5, 0.6) is 5.75 Å². The Morgan fingerprint density at radius 1 is 1.22 bits per heavy atom. The zero-order chi connectivity index (χ0) is 24.0. The Morgan fingerprint density at radius 2 is 1.91 bits per heavy atom. The van der Waals surface area contributed by atoms with Gasteiger partial charge in [0.1, 0.15) is 5.75 Å². The highest BCUT2D eigenvalue weighted by atomic mass is 28.4. The van der Waals surface area contributed by atoms with Crippen LogP contribution in [-0.2, 0) is 19.0 Å². The van der Waals surface area contributed by atoms with E-state index >= 15 is 0 Å². The number of carbonyl (C=O) groups excluding carboxylic acids is 1. The predicted octanol–water partition coefficient (Wildman–Crippen LogP) is 6.80. The highest BCUT2D eigenvalue weighted by Gasteiger charge is 2.42. The van der Waals surface area contributed by atoms with Crippen molar-refractivity contribution in [3.63, 3.8) is 0 Å². The van der Waals surface area contributed by atoms with Gasteiger partial charge in [-0.15, -0.1) is 0 Å². The fourth-order valence-corrected chi connectivity index (χ4v) is 4.44. The van der Waals surface area contributed by atoms with Crippen molar-refractivity contribution in [2.45, 2.75) is 90.8 Å². The van der Waals surface area contributed by atoms with Crippen LogP contribution in [-0.4, -0.2) is 33.3 Å². The van der Waals surface area contributed by atoms with Crippen molar-refractivity contribution in [1.82, 2.24) is 0 Å². The van der Waals surface area contributed by atoms with E-state index in [1.54, 1.807) is 0 Å². The summed E-state index contributed by atoms with van der Waals surface area (Å²) in [5.74, 6) is 0.265. The van der Waals surface area contributed by atoms with Crippen molar-refractivity contribution >= 4 is 14.3 Å². The topological polar surface area (TPSA) is 54.0 Å². The van der Waals surface area contributed by atoms with Gasteiger partial charge in [-0.25, -0.2) is 0 Å². The van der Waals surface area contributed by atoms with Gasteiger partial charge >= 0.3 is 5.97 Å². The van der Waals surface area contributed by atoms with Crippen LogP contribution < -0.4 is 4.43 Å². The number of benzene rings is 1. The third kappa shape index (κ3) is 7.46. The van der Waals surface area contributed by atoms with Crippen molar-refractivity contribution in [3.05, 3.63) is 42.0 Å². The summed E-state index contributed by atoms with van der Waals surface area (Å²) in [5.41, 5.74) is 1.08. The normalized spacial score (nSPS) is 21.5. The van der Waals surface area contributed by atoms with E-state index < -0.39 is 14.1 Å². The van der Waals surface area contributed by atoms with Crippen LogP contribution in [0.25, 0.3) is 0 Å². The summed E-state index contributed by atoms with van der Waals surface area (Å²) in [4.78, 5) is 11.5. The van der Waals surface area contributed by atoms with E-state index in [2.05, 4.69) is 52.1 Å². The van der Waals surface area contributed by atoms with Crippen molar-refractivity contribution in [1.29, 1.82) is 0 Å². The average molecular weight is 463 g/mol. The summed E-state index contributed by atoms with van der Waals surface area (Å²) in [5, 5.41) is 0.108. The molecule has 1 aromatic rings. The Bertz CT molecular complexity index is 779. The van der Waals surface area contributed by atoms with Crippen LogP contribution in [0, 0.1) is 5.92 Å². The highest BCUT2D eigenvalue weighted by Crippen LogP contribution is 2.44. The molecule has 6 heteroatoms. The van der Waals surface area contributed by atoms with Gasteiger partial charge in [-0.1, -0.05) is 51.1 Å². The molecule has 1 saturated heterocycles. The maximum Gasteiger partial charge on any atom is 0.306 e. The molecule has 0 radical (unpaired) electrons. The maximum absolute atomic E-state index is 11.5. The molecule has 1 heterocycles. The first kappa shape index (κ1) is 26.6. The Kier molecular flexibility index (Phi) is 9.14. The summed E-state index contributed by atoms with van der Waals surface area (Å²) in [7, 11) is -2.00. The standard InChI is InChI=1S/C26H42O5Si/c1-9-28-23(27)18-12-10-11-15-20-19-29-26(5,6)30-24(20)21-16-13-14-17-22(21)31-32(7,8)25(2,3)4/h10-11,13-14,16-17,20,24H,9,12,15,18-19H2,1-8H3/b11-10-/t20-,24+/m1/s1. The van der Waals surface area contributed by atoms with E-state index in [9.17, 15) is 4.79 Å². The second-order valence-corrected chi connectivity index (χ2v) is 15.2. The molecule has 0 spiro atoms. The van der Waals surface area contributed by atoms with Gasteiger partial charge in [-0.3, -0.25) is 4.79 Å². The molecule has 0 aromatic heterocycles. The van der Waals surface area contributed by atoms with Crippen molar-refractivity contribution in [2.24, 2.45) is 5.92 Å². The van der Waals surface area contributed by atoms with E-state index in [0.717, 1.165) is 17.7 Å². The van der Waals surface area contributed by atoms with Gasteiger partial charge in [0, 0.05) is 17.9 Å². The minimum atomic E-state index is -2.00. The van der Waals surface area contributed by atoms with Gasteiger partial charge in [0.15, 0.2) is 5.79 Å². The Labute approximate surface area is 195 Å². The third-order valence-electron chi connectivity index (χ3n) is 6.31. The van der Waals surface area contributed by atoms with Gasteiger partial charge in [0.25, 0.3) is 0 Å². The lowest BCUT2D eigenvalue weighted by Gasteiger charge is -2.43. The summed E-state index contributed by atoms with van der Waals surface area (Å²) >= 11 is 0. The lowest BCUT2D eigenvalue weighted by molar-refractivity contribution is -0.295. The minimum Gasteiger partial charge on any atom is -0.543 e. The number of allylic oxidation sites excluding steroid dienone is 2. The number of para-hydroxylation sites is 1. The SMILES string of the molecule is CCOC(=O)CC/C=C\C[C@@H]1COC(C)(C)O[C@@H]1c1ccccc1O[Si](C)(C)C(C)(C)C. The van der Waals surface area contributed by atoms with E-state index in [-0.39, 0.29) is 23.0 Å². The molecule has 1 aromatic carbocycles. The quantitative estimate of drug-likeness (QED) is 0.229. The molecule has 180 valence electrons. The molecule has 0 saturated carbocycles. The van der Waals surface area contributed by atoms with Crippen LogP contribution in [0.2, 0.25) is 18.1 Å². The fraction of sp³-hybridized carbons (Fsp3) is 0.654. The lowest BCUT2D eigenvalue weighted by Crippen LogP contribution is -2.45. The van der Waals surface area contributed by atoms with E-state index in [1.165, 1.54) is 0 Å². The molecule has 0 bridgehead atoms. The monoisotopic (exact) mass is 462 g/mol. The number of esters is 1. The van der Waals surface area contributed by atoms with Gasteiger partial charge in [-0.2, -0.15) is 0 Å². The van der Waals surface area contributed by atoms with E-state index in [0.29, 0.717) is 26.1 Å². The average Bonchev–Trinajstić information content (AvgIpc) is 2.68. The first-order valence-electron chi connectivity index (χ1n) is 11.8. The van der Waals surface area contributed by atoms with Gasteiger partial charge in [-0.05, 0) is 57.8 Å². The van der Waals surface area contributed by atoms with E-state index in [4.69, 9.17) is 18.6 Å². The lowest BCUT2D eigenvalue weighted by atomic mass is 9.91. The summed E-state index contributed by atoms with van der Waals surface area (Å²) in [6, 6.07) is 8.26. The van der Waals surface area contributed by atoms with Crippen molar-refractivity contribution < 1.29 is 23.4 Å². The first-order valence-corrected chi connectivity index (χ1v) is 14.7. The second kappa shape index (κ2) is 11.0. The maximum atomic E-state index is 11.5. The van der Waals surface area contributed by atoms with Crippen LogP contribution in [0.15, 0.2) is 36.4 Å². The molecular weight excluding hydrogens is 420 g/mol. The number of hydrogen-bond donors (Lipinski definition) is 0. The molecule has 1 aliphatic rings. The molecule has 0 aliphatic carbocycles. The molecule has 2 atom stereocenters. The predicted molar refractivity (Wildman–Crippen MR) is 131 cm³/mol. The largest absolute Gasteiger partial charge is 0.543 e. The number of hydrogen-bond acceptors (Lipinski definition) is 5. The second-order valence-electron chi connectivity index (χ2n) is 10.5. The van der Waals surface area contributed by atoms with Crippen LogP contribution in [0.1, 0.15) is 72.5 Å². The van der Waals surface area contributed by atoms with E-state index in [1.807, 2.05) is 39.0 Å². The molecule has 5 nitrogen and oxygen atoms in total. The smallest absolute Gasteiger partial charge is 0.306 e. The van der Waals surface area contributed by atoms with Crippen molar-refractivity contribution in [3.8, 4) is 5.75 Å². The fourth-order valence-electron chi connectivity index (χ4n) is 3.40. The molecule has 32 heavy (non-hydrogen) atoms. The third-order valence-corrected chi connectivity index (χ3v) is 10.6. The van der Waals surface area contributed by atoms with Gasteiger partial charge in [0.2, 0.25) is 8.32 Å². The molecule has 1 aliphatic heterocycles. The molecule has 0 N–H and O–H groups in total.